The zero-order valence-corrected chi connectivity index (χ0v) is 20.0. The predicted octanol–water partition coefficient (Wildman–Crippen LogP) is 5.61. The normalized spacial score (nSPS) is 20.3. The summed E-state index contributed by atoms with van der Waals surface area (Å²) < 4.78 is 40.7. The number of rotatable bonds is 4. The molecule has 0 bridgehead atoms. The van der Waals surface area contributed by atoms with Crippen molar-refractivity contribution in [2.75, 3.05) is 25.6 Å². The highest BCUT2D eigenvalue weighted by molar-refractivity contribution is 6.12. The number of anilines is 1. The van der Waals surface area contributed by atoms with Crippen LogP contribution >= 0.6 is 0 Å². The molecule has 1 aromatic carbocycles. The summed E-state index contributed by atoms with van der Waals surface area (Å²) >= 11 is 0. The fraction of sp³-hybridized carbons (Fsp3) is 0.333. The van der Waals surface area contributed by atoms with Crippen LogP contribution in [0.15, 0.2) is 63.8 Å². The van der Waals surface area contributed by atoms with E-state index in [9.17, 15) is 8.78 Å². The number of H-pyrrole nitrogens is 1. The molecule has 2 aliphatic heterocycles. The first kappa shape index (κ1) is 23.4. The van der Waals surface area contributed by atoms with E-state index in [2.05, 4.69) is 33.7 Å². The van der Waals surface area contributed by atoms with Crippen LogP contribution in [0.1, 0.15) is 43.1 Å². The second kappa shape index (κ2) is 9.71. The second-order valence-electron chi connectivity index (χ2n) is 8.94. The SMILES string of the molecule is COC[C@@H]1CC=C(C2=CC3=C(N=C(c4c(F)cccc4F)Nc4c3n[nH]c4C)C(C)=CC2)CCO1. The van der Waals surface area contributed by atoms with Crippen molar-refractivity contribution in [2.24, 2.45) is 4.99 Å². The van der Waals surface area contributed by atoms with Crippen molar-refractivity contribution in [1.29, 1.82) is 0 Å². The minimum atomic E-state index is -0.677. The number of hydrogen-bond acceptors (Lipinski definition) is 5. The fourth-order valence-electron chi connectivity index (χ4n) is 4.68. The van der Waals surface area contributed by atoms with E-state index in [1.165, 1.54) is 23.8 Å². The zero-order chi connectivity index (χ0) is 24.5. The molecular formula is C27H28F2N4O2. The van der Waals surface area contributed by atoms with Crippen molar-refractivity contribution >= 4 is 17.1 Å². The molecule has 182 valence electrons. The number of fused-ring (bicyclic) bond motifs is 2. The lowest BCUT2D eigenvalue weighted by atomic mass is 9.96. The molecule has 0 unspecified atom stereocenters. The Balaban J connectivity index is 1.66. The number of amidine groups is 1. The van der Waals surface area contributed by atoms with E-state index in [4.69, 9.17) is 14.5 Å². The van der Waals surface area contributed by atoms with Gasteiger partial charge in [0.25, 0.3) is 0 Å². The summed E-state index contributed by atoms with van der Waals surface area (Å²) in [4.78, 5) is 4.77. The summed E-state index contributed by atoms with van der Waals surface area (Å²) in [5, 5.41) is 10.7. The molecule has 0 amide bonds. The van der Waals surface area contributed by atoms with Gasteiger partial charge < -0.3 is 14.8 Å². The lowest BCUT2D eigenvalue weighted by Gasteiger charge is -2.12. The molecule has 8 heteroatoms. The number of methoxy groups -OCH3 is 1. The van der Waals surface area contributed by atoms with E-state index in [1.54, 1.807) is 7.11 Å². The van der Waals surface area contributed by atoms with Crippen molar-refractivity contribution in [3.8, 4) is 0 Å². The molecular weight excluding hydrogens is 450 g/mol. The quantitative estimate of drug-likeness (QED) is 0.599. The minimum absolute atomic E-state index is 0.0430. The van der Waals surface area contributed by atoms with Crippen LogP contribution in [0.2, 0.25) is 0 Å². The molecule has 1 aromatic heterocycles. The monoisotopic (exact) mass is 478 g/mol. The summed E-state index contributed by atoms with van der Waals surface area (Å²) in [7, 11) is 1.68. The molecule has 3 aliphatic rings. The Labute approximate surface area is 203 Å². The summed E-state index contributed by atoms with van der Waals surface area (Å²) in [6, 6.07) is 3.81. The average Bonchev–Trinajstić information content (AvgIpc) is 3.00. The van der Waals surface area contributed by atoms with Gasteiger partial charge >= 0.3 is 0 Å². The number of aromatic amines is 1. The fourth-order valence-corrected chi connectivity index (χ4v) is 4.68. The van der Waals surface area contributed by atoms with Gasteiger partial charge in [0, 0.05) is 12.7 Å². The van der Waals surface area contributed by atoms with Crippen LogP contribution in [-0.4, -0.2) is 42.5 Å². The van der Waals surface area contributed by atoms with Crippen LogP contribution in [0, 0.1) is 18.6 Å². The van der Waals surface area contributed by atoms with E-state index < -0.39 is 11.6 Å². The van der Waals surface area contributed by atoms with E-state index >= 15 is 0 Å². The highest BCUT2D eigenvalue weighted by Crippen LogP contribution is 2.39. The van der Waals surface area contributed by atoms with Gasteiger partial charge in [0.1, 0.15) is 23.2 Å². The van der Waals surface area contributed by atoms with E-state index in [0.717, 1.165) is 35.3 Å². The third kappa shape index (κ3) is 4.51. The number of benzene rings is 1. The number of nitrogens with one attached hydrogen (secondary N) is 2. The number of aliphatic imine (C=N–C) groups is 1. The maximum atomic E-state index is 14.7. The molecule has 0 saturated heterocycles. The number of hydrogen-bond donors (Lipinski definition) is 2. The number of aromatic nitrogens is 2. The van der Waals surface area contributed by atoms with Crippen LogP contribution in [-0.2, 0) is 9.47 Å². The highest BCUT2D eigenvalue weighted by Gasteiger charge is 2.28. The van der Waals surface area contributed by atoms with Gasteiger partial charge in [-0.2, -0.15) is 5.10 Å². The molecule has 3 heterocycles. The van der Waals surface area contributed by atoms with Crippen molar-refractivity contribution in [1.82, 2.24) is 10.2 Å². The summed E-state index contributed by atoms with van der Waals surface area (Å²) in [5.41, 5.74) is 6.62. The molecule has 0 radical (unpaired) electrons. The van der Waals surface area contributed by atoms with E-state index in [1.807, 2.05) is 13.8 Å². The maximum absolute atomic E-state index is 14.7. The molecule has 2 aromatic rings. The molecule has 2 N–H and O–H groups in total. The molecule has 6 nitrogen and oxygen atoms in total. The molecule has 0 saturated carbocycles. The van der Waals surface area contributed by atoms with Gasteiger partial charge in [-0.05, 0) is 68.0 Å². The highest BCUT2D eigenvalue weighted by atomic mass is 19.1. The zero-order valence-electron chi connectivity index (χ0n) is 20.0. The molecule has 0 spiro atoms. The van der Waals surface area contributed by atoms with Gasteiger partial charge in [-0.15, -0.1) is 0 Å². The summed E-state index contributed by atoms with van der Waals surface area (Å²) in [6.45, 7) is 5.01. The van der Waals surface area contributed by atoms with Gasteiger partial charge in [-0.3, -0.25) is 5.10 Å². The average molecular weight is 479 g/mol. The van der Waals surface area contributed by atoms with Crippen molar-refractivity contribution < 1.29 is 18.3 Å². The lowest BCUT2D eigenvalue weighted by molar-refractivity contribution is 0.00474. The van der Waals surface area contributed by atoms with Gasteiger partial charge in [-0.25, -0.2) is 13.8 Å². The maximum Gasteiger partial charge on any atom is 0.144 e. The van der Waals surface area contributed by atoms with Gasteiger partial charge in [0.15, 0.2) is 0 Å². The van der Waals surface area contributed by atoms with Gasteiger partial charge in [-0.1, -0.05) is 18.2 Å². The first-order valence-corrected chi connectivity index (χ1v) is 11.7. The number of nitrogens with zero attached hydrogens (tertiary/aromatic N) is 2. The first-order valence-electron chi connectivity index (χ1n) is 11.7. The van der Waals surface area contributed by atoms with Crippen LogP contribution in [0.5, 0.6) is 0 Å². The molecule has 0 fully saturated rings. The molecule has 1 atom stereocenters. The second-order valence-corrected chi connectivity index (χ2v) is 8.94. The Morgan fingerprint density at radius 1 is 1.14 bits per heavy atom. The number of halogens is 2. The Morgan fingerprint density at radius 3 is 2.71 bits per heavy atom. The standard InChI is InChI=1S/C27H28F2N4O2/c1-15-7-8-18(17-9-10-19(14-34-3)35-12-11-17)13-20-24(15)30-27(23-21(28)5-4-6-22(23)29)31-25-16(2)32-33-26(20)25/h4-7,9,13,19H,8,10-12,14H2,1-3H3,(H,30,31)(H,32,33)/t19-/m0/s1. The minimum Gasteiger partial charge on any atom is -0.382 e. The predicted molar refractivity (Wildman–Crippen MR) is 132 cm³/mol. The Kier molecular flexibility index (Phi) is 6.49. The Bertz CT molecular complexity index is 1300. The smallest absolute Gasteiger partial charge is 0.144 e. The van der Waals surface area contributed by atoms with Gasteiger partial charge in [0.05, 0.1) is 42.0 Å². The first-order chi connectivity index (χ1) is 17.0. The van der Waals surface area contributed by atoms with Crippen LogP contribution in [0.25, 0.3) is 5.57 Å². The molecule has 1 aliphatic carbocycles. The Hall–Kier alpha value is -3.36. The van der Waals surface area contributed by atoms with Crippen molar-refractivity contribution in [3.63, 3.8) is 0 Å². The number of ether oxygens (including phenoxy) is 2. The summed E-state index contributed by atoms with van der Waals surface area (Å²) in [5.74, 6) is -1.24. The van der Waals surface area contributed by atoms with Crippen LogP contribution in [0.4, 0.5) is 14.5 Å². The lowest BCUT2D eigenvalue weighted by Crippen LogP contribution is -2.17. The summed E-state index contributed by atoms with van der Waals surface area (Å²) in [6.07, 6.45) is 8.77. The van der Waals surface area contributed by atoms with Crippen LogP contribution < -0.4 is 5.32 Å². The molecule has 5 rings (SSSR count). The Morgan fingerprint density at radius 2 is 1.94 bits per heavy atom. The van der Waals surface area contributed by atoms with Crippen molar-refractivity contribution in [2.45, 2.75) is 39.2 Å². The van der Waals surface area contributed by atoms with Crippen molar-refractivity contribution in [3.05, 3.63) is 87.4 Å². The molecule has 35 heavy (non-hydrogen) atoms. The third-order valence-corrected chi connectivity index (χ3v) is 6.56. The largest absolute Gasteiger partial charge is 0.382 e. The van der Waals surface area contributed by atoms with Gasteiger partial charge in [0.2, 0.25) is 0 Å². The number of allylic oxidation sites excluding steroid dienone is 5. The number of aryl methyl sites for hydroxylation is 1. The third-order valence-electron chi connectivity index (χ3n) is 6.56. The van der Waals surface area contributed by atoms with E-state index in [-0.39, 0.29) is 17.5 Å². The van der Waals surface area contributed by atoms with Crippen LogP contribution in [0.3, 0.4) is 0 Å². The van der Waals surface area contributed by atoms with E-state index in [0.29, 0.717) is 36.7 Å². The topological polar surface area (TPSA) is 71.5 Å².